The lowest BCUT2D eigenvalue weighted by atomic mass is 10.2. The standard InChI is InChI=1S/C11H17N5O2/c1-7(6-9(12)17)13-10-5-4-8(14-15-10)11(18)16(2)3/h4-5,7H,6H2,1-3H3,(H2,12,17)(H,13,15). The van der Waals surface area contributed by atoms with Crippen molar-refractivity contribution in [2.24, 2.45) is 5.73 Å². The third-order valence-electron chi connectivity index (χ3n) is 2.19. The van der Waals surface area contributed by atoms with Crippen molar-refractivity contribution in [1.29, 1.82) is 0 Å². The molecule has 0 bridgehead atoms. The Bertz CT molecular complexity index is 430. The van der Waals surface area contributed by atoms with Crippen LogP contribution in [0.4, 0.5) is 5.82 Å². The molecule has 0 aliphatic rings. The highest BCUT2D eigenvalue weighted by molar-refractivity contribution is 5.91. The molecule has 0 aliphatic carbocycles. The summed E-state index contributed by atoms with van der Waals surface area (Å²) in [4.78, 5) is 23.7. The van der Waals surface area contributed by atoms with Crippen molar-refractivity contribution < 1.29 is 9.59 Å². The molecule has 2 amide bonds. The second-order valence-electron chi connectivity index (χ2n) is 4.22. The average Bonchev–Trinajstić information content (AvgIpc) is 2.27. The molecular formula is C11H17N5O2. The summed E-state index contributed by atoms with van der Waals surface area (Å²) in [6.45, 7) is 1.81. The lowest BCUT2D eigenvalue weighted by Gasteiger charge is -2.13. The van der Waals surface area contributed by atoms with Gasteiger partial charge in [-0.05, 0) is 19.1 Å². The average molecular weight is 251 g/mol. The van der Waals surface area contributed by atoms with E-state index in [1.54, 1.807) is 26.2 Å². The van der Waals surface area contributed by atoms with E-state index in [0.717, 1.165) is 0 Å². The van der Waals surface area contributed by atoms with Gasteiger partial charge in [-0.15, -0.1) is 10.2 Å². The Labute approximate surface area is 105 Å². The Hall–Kier alpha value is -2.18. The molecule has 3 N–H and O–H groups in total. The molecular weight excluding hydrogens is 234 g/mol. The zero-order valence-corrected chi connectivity index (χ0v) is 10.7. The van der Waals surface area contributed by atoms with Gasteiger partial charge >= 0.3 is 0 Å². The monoisotopic (exact) mass is 251 g/mol. The molecule has 1 unspecified atom stereocenters. The quantitative estimate of drug-likeness (QED) is 0.758. The van der Waals surface area contributed by atoms with Crippen LogP contribution in [-0.2, 0) is 4.79 Å². The van der Waals surface area contributed by atoms with Crippen LogP contribution in [0.3, 0.4) is 0 Å². The normalized spacial score (nSPS) is 11.7. The first-order valence-electron chi connectivity index (χ1n) is 5.50. The van der Waals surface area contributed by atoms with Crippen molar-refractivity contribution in [2.45, 2.75) is 19.4 Å². The predicted molar refractivity (Wildman–Crippen MR) is 66.9 cm³/mol. The van der Waals surface area contributed by atoms with Gasteiger partial charge in [0.05, 0.1) is 0 Å². The van der Waals surface area contributed by atoms with Gasteiger partial charge in [0.2, 0.25) is 5.91 Å². The first-order chi connectivity index (χ1) is 8.40. The van der Waals surface area contributed by atoms with E-state index in [4.69, 9.17) is 5.73 Å². The van der Waals surface area contributed by atoms with E-state index >= 15 is 0 Å². The summed E-state index contributed by atoms with van der Waals surface area (Å²) >= 11 is 0. The fraction of sp³-hybridized carbons (Fsp3) is 0.455. The van der Waals surface area contributed by atoms with Crippen LogP contribution in [0.15, 0.2) is 12.1 Å². The fourth-order valence-corrected chi connectivity index (χ4v) is 1.36. The number of rotatable bonds is 5. The van der Waals surface area contributed by atoms with Gasteiger partial charge in [0.1, 0.15) is 5.82 Å². The van der Waals surface area contributed by atoms with E-state index in [2.05, 4.69) is 15.5 Å². The minimum absolute atomic E-state index is 0.132. The van der Waals surface area contributed by atoms with Gasteiger partial charge in [-0.25, -0.2) is 0 Å². The Morgan fingerprint density at radius 2 is 2.06 bits per heavy atom. The zero-order valence-electron chi connectivity index (χ0n) is 10.7. The first-order valence-corrected chi connectivity index (χ1v) is 5.50. The molecule has 1 atom stereocenters. The smallest absolute Gasteiger partial charge is 0.273 e. The van der Waals surface area contributed by atoms with E-state index in [9.17, 15) is 9.59 Å². The van der Waals surface area contributed by atoms with Crippen LogP contribution < -0.4 is 11.1 Å². The molecule has 0 spiro atoms. The SMILES string of the molecule is CC(CC(N)=O)Nc1ccc(C(=O)N(C)C)nn1. The Balaban J connectivity index is 2.66. The van der Waals surface area contributed by atoms with E-state index in [1.807, 2.05) is 6.92 Å². The zero-order chi connectivity index (χ0) is 13.7. The predicted octanol–water partition coefficient (Wildman–Crippen LogP) is -0.146. The summed E-state index contributed by atoms with van der Waals surface area (Å²) in [5, 5.41) is 10.7. The van der Waals surface area contributed by atoms with Crippen molar-refractivity contribution in [2.75, 3.05) is 19.4 Å². The van der Waals surface area contributed by atoms with Crippen LogP contribution in [0.25, 0.3) is 0 Å². The second kappa shape index (κ2) is 5.95. The molecule has 1 heterocycles. The van der Waals surface area contributed by atoms with E-state index in [1.165, 1.54) is 4.90 Å². The fourth-order valence-electron chi connectivity index (χ4n) is 1.36. The summed E-state index contributed by atoms with van der Waals surface area (Å²) in [5.41, 5.74) is 5.35. The van der Waals surface area contributed by atoms with E-state index < -0.39 is 0 Å². The molecule has 98 valence electrons. The van der Waals surface area contributed by atoms with Crippen molar-refractivity contribution >= 4 is 17.6 Å². The van der Waals surface area contributed by atoms with Crippen molar-refractivity contribution in [3.8, 4) is 0 Å². The molecule has 1 rings (SSSR count). The largest absolute Gasteiger partial charge is 0.370 e. The van der Waals surface area contributed by atoms with Gasteiger partial charge < -0.3 is 16.0 Å². The number of carbonyl (C=O) groups excluding carboxylic acids is 2. The molecule has 7 nitrogen and oxygen atoms in total. The van der Waals surface area contributed by atoms with Gasteiger partial charge in [-0.2, -0.15) is 0 Å². The highest BCUT2D eigenvalue weighted by Gasteiger charge is 2.11. The van der Waals surface area contributed by atoms with Crippen LogP contribution in [-0.4, -0.2) is 47.0 Å². The molecule has 1 aromatic rings. The number of carbonyl (C=O) groups is 2. The van der Waals surface area contributed by atoms with Crippen LogP contribution in [0, 0.1) is 0 Å². The van der Waals surface area contributed by atoms with E-state index in [0.29, 0.717) is 5.82 Å². The summed E-state index contributed by atoms with van der Waals surface area (Å²) in [5.74, 6) is -0.0966. The molecule has 0 saturated heterocycles. The summed E-state index contributed by atoms with van der Waals surface area (Å²) in [7, 11) is 3.29. The maximum Gasteiger partial charge on any atom is 0.273 e. The topological polar surface area (TPSA) is 101 Å². The number of hydrogen-bond acceptors (Lipinski definition) is 5. The summed E-state index contributed by atoms with van der Waals surface area (Å²) < 4.78 is 0. The van der Waals surface area contributed by atoms with Crippen molar-refractivity contribution in [3.63, 3.8) is 0 Å². The minimum Gasteiger partial charge on any atom is -0.370 e. The molecule has 0 radical (unpaired) electrons. The number of nitrogens with two attached hydrogens (primary N) is 1. The number of anilines is 1. The summed E-state index contributed by atoms with van der Waals surface area (Å²) in [6, 6.07) is 3.09. The van der Waals surface area contributed by atoms with Gasteiger partial charge in [-0.3, -0.25) is 9.59 Å². The Morgan fingerprint density at radius 3 is 2.50 bits per heavy atom. The van der Waals surface area contributed by atoms with Crippen molar-refractivity contribution in [3.05, 3.63) is 17.8 Å². The maximum absolute atomic E-state index is 11.6. The number of nitrogens with one attached hydrogen (secondary N) is 1. The summed E-state index contributed by atoms with van der Waals surface area (Å²) in [6.07, 6.45) is 0.208. The highest BCUT2D eigenvalue weighted by Crippen LogP contribution is 2.06. The van der Waals surface area contributed by atoms with Gasteiger partial charge in [0.25, 0.3) is 5.91 Å². The second-order valence-corrected chi connectivity index (χ2v) is 4.22. The number of amides is 2. The highest BCUT2D eigenvalue weighted by atomic mass is 16.2. The maximum atomic E-state index is 11.6. The Morgan fingerprint density at radius 1 is 1.39 bits per heavy atom. The molecule has 0 aromatic carbocycles. The molecule has 0 fully saturated rings. The van der Waals surface area contributed by atoms with Crippen LogP contribution in [0.5, 0.6) is 0 Å². The van der Waals surface area contributed by atoms with Crippen LogP contribution >= 0.6 is 0 Å². The molecule has 0 saturated carbocycles. The molecule has 18 heavy (non-hydrogen) atoms. The number of nitrogens with zero attached hydrogens (tertiary/aromatic N) is 3. The lowest BCUT2D eigenvalue weighted by Crippen LogP contribution is -2.25. The van der Waals surface area contributed by atoms with Crippen LogP contribution in [0.2, 0.25) is 0 Å². The van der Waals surface area contributed by atoms with E-state index in [-0.39, 0.29) is 30.0 Å². The first kappa shape index (κ1) is 13.9. The van der Waals surface area contributed by atoms with Crippen molar-refractivity contribution in [1.82, 2.24) is 15.1 Å². The number of primary amides is 1. The molecule has 7 heteroatoms. The van der Waals surface area contributed by atoms with Gasteiger partial charge in [0, 0.05) is 26.6 Å². The lowest BCUT2D eigenvalue weighted by molar-refractivity contribution is -0.118. The third-order valence-corrected chi connectivity index (χ3v) is 2.19. The van der Waals surface area contributed by atoms with Gasteiger partial charge in [0.15, 0.2) is 5.69 Å². The number of hydrogen-bond donors (Lipinski definition) is 2. The number of aromatic nitrogens is 2. The minimum atomic E-state index is -0.387. The van der Waals surface area contributed by atoms with Crippen LogP contribution in [0.1, 0.15) is 23.8 Å². The molecule has 0 aliphatic heterocycles. The van der Waals surface area contributed by atoms with Gasteiger partial charge in [-0.1, -0.05) is 0 Å². The third kappa shape index (κ3) is 4.00. The Kier molecular flexibility index (Phi) is 4.59. The molecule has 1 aromatic heterocycles.